The van der Waals surface area contributed by atoms with Crippen LogP contribution >= 0.6 is 23.2 Å². The molecule has 0 unspecified atom stereocenters. The Morgan fingerprint density at radius 2 is 2.12 bits per heavy atom. The monoisotopic (exact) mass is 380 g/mol. The summed E-state index contributed by atoms with van der Waals surface area (Å²) < 4.78 is 4.73. The van der Waals surface area contributed by atoms with Crippen molar-refractivity contribution in [2.45, 2.75) is 18.8 Å². The molecule has 8 heteroatoms. The van der Waals surface area contributed by atoms with Crippen molar-refractivity contribution < 1.29 is 9.53 Å². The lowest BCUT2D eigenvalue weighted by molar-refractivity contribution is 0.0601. The number of carbonyl (C=O) groups excluding carboxylic acids is 1. The van der Waals surface area contributed by atoms with E-state index in [4.69, 9.17) is 33.7 Å². The SMILES string of the molecule is COC(=O)c1ccc([C@H]2CCCN(c3cc(Cl)nnc3N)C2)cc1Cl. The second kappa shape index (κ2) is 7.45. The Kier molecular flexibility index (Phi) is 5.30. The number of halogens is 2. The van der Waals surface area contributed by atoms with Crippen LogP contribution < -0.4 is 10.6 Å². The molecule has 1 aromatic heterocycles. The van der Waals surface area contributed by atoms with Gasteiger partial charge in [-0.15, -0.1) is 10.2 Å². The molecule has 2 heterocycles. The van der Waals surface area contributed by atoms with Gasteiger partial charge in [-0.2, -0.15) is 0 Å². The first-order chi connectivity index (χ1) is 12.0. The van der Waals surface area contributed by atoms with Crippen LogP contribution in [0.15, 0.2) is 24.3 Å². The third kappa shape index (κ3) is 3.80. The van der Waals surface area contributed by atoms with Gasteiger partial charge in [-0.25, -0.2) is 4.79 Å². The van der Waals surface area contributed by atoms with Gasteiger partial charge in [-0.05, 0) is 30.5 Å². The summed E-state index contributed by atoms with van der Waals surface area (Å²) in [6.07, 6.45) is 2.02. The van der Waals surface area contributed by atoms with Crippen LogP contribution in [0.3, 0.4) is 0 Å². The molecule has 0 aliphatic carbocycles. The Balaban J connectivity index is 1.83. The van der Waals surface area contributed by atoms with E-state index in [0.29, 0.717) is 21.6 Å². The van der Waals surface area contributed by atoms with Crippen LogP contribution in [0.1, 0.15) is 34.7 Å². The highest BCUT2D eigenvalue weighted by molar-refractivity contribution is 6.33. The van der Waals surface area contributed by atoms with E-state index in [2.05, 4.69) is 15.1 Å². The number of nitrogens with zero attached hydrogens (tertiary/aromatic N) is 3. The van der Waals surface area contributed by atoms with Crippen molar-refractivity contribution in [2.75, 3.05) is 30.8 Å². The zero-order chi connectivity index (χ0) is 18.0. The maximum Gasteiger partial charge on any atom is 0.339 e. The van der Waals surface area contributed by atoms with Crippen LogP contribution in [0.4, 0.5) is 11.5 Å². The van der Waals surface area contributed by atoms with Gasteiger partial charge in [0.15, 0.2) is 11.0 Å². The normalized spacial score (nSPS) is 17.4. The van der Waals surface area contributed by atoms with Crippen LogP contribution in [0.25, 0.3) is 0 Å². The molecule has 0 amide bonds. The van der Waals surface area contributed by atoms with Crippen molar-refractivity contribution in [3.05, 3.63) is 45.6 Å². The summed E-state index contributed by atoms with van der Waals surface area (Å²) in [4.78, 5) is 13.8. The van der Waals surface area contributed by atoms with Crippen LogP contribution in [-0.4, -0.2) is 36.4 Å². The molecule has 1 aromatic carbocycles. The van der Waals surface area contributed by atoms with Gasteiger partial charge in [0.05, 0.1) is 23.4 Å². The number of hydrogen-bond acceptors (Lipinski definition) is 6. The molecule has 2 N–H and O–H groups in total. The van der Waals surface area contributed by atoms with Crippen molar-refractivity contribution >= 4 is 40.7 Å². The molecule has 1 saturated heterocycles. The zero-order valence-corrected chi connectivity index (χ0v) is 15.2. The van der Waals surface area contributed by atoms with E-state index < -0.39 is 5.97 Å². The number of aromatic nitrogens is 2. The molecule has 132 valence electrons. The third-order valence-corrected chi connectivity index (χ3v) is 4.90. The van der Waals surface area contributed by atoms with Gasteiger partial charge >= 0.3 is 5.97 Å². The fourth-order valence-corrected chi connectivity index (χ4v) is 3.56. The first-order valence-electron chi connectivity index (χ1n) is 7.91. The van der Waals surface area contributed by atoms with Crippen LogP contribution in [0, 0.1) is 0 Å². The zero-order valence-electron chi connectivity index (χ0n) is 13.7. The van der Waals surface area contributed by atoms with E-state index in [0.717, 1.165) is 37.2 Å². The highest BCUT2D eigenvalue weighted by atomic mass is 35.5. The van der Waals surface area contributed by atoms with E-state index in [1.54, 1.807) is 12.1 Å². The summed E-state index contributed by atoms with van der Waals surface area (Å²) in [7, 11) is 1.34. The maximum absolute atomic E-state index is 11.7. The van der Waals surface area contributed by atoms with Gasteiger partial charge in [0.2, 0.25) is 0 Å². The van der Waals surface area contributed by atoms with Crippen molar-refractivity contribution in [1.29, 1.82) is 0 Å². The number of carbonyl (C=O) groups is 1. The lowest BCUT2D eigenvalue weighted by Crippen LogP contribution is -2.35. The number of rotatable bonds is 3. The molecule has 25 heavy (non-hydrogen) atoms. The lowest BCUT2D eigenvalue weighted by Gasteiger charge is -2.35. The number of piperidine rings is 1. The first-order valence-corrected chi connectivity index (χ1v) is 8.66. The third-order valence-electron chi connectivity index (χ3n) is 4.40. The average molecular weight is 381 g/mol. The lowest BCUT2D eigenvalue weighted by atomic mass is 9.90. The molecule has 1 fully saturated rings. The molecular weight excluding hydrogens is 363 g/mol. The predicted molar refractivity (Wildman–Crippen MR) is 98.4 cm³/mol. The Labute approximate surface area is 155 Å². The molecule has 0 bridgehead atoms. The molecule has 2 aromatic rings. The van der Waals surface area contributed by atoms with E-state index in [-0.39, 0.29) is 5.92 Å². The number of methoxy groups -OCH3 is 1. The number of ether oxygens (including phenoxy) is 1. The smallest absolute Gasteiger partial charge is 0.339 e. The molecule has 3 rings (SSSR count). The molecule has 1 aliphatic rings. The fraction of sp³-hybridized carbons (Fsp3) is 0.353. The average Bonchev–Trinajstić information content (AvgIpc) is 2.63. The molecule has 1 atom stereocenters. The Morgan fingerprint density at radius 1 is 1.32 bits per heavy atom. The van der Waals surface area contributed by atoms with Gasteiger partial charge in [0, 0.05) is 25.1 Å². The van der Waals surface area contributed by atoms with E-state index in [1.165, 1.54) is 7.11 Å². The molecular formula is C17H18Cl2N4O2. The largest absolute Gasteiger partial charge is 0.465 e. The minimum absolute atomic E-state index is 0.268. The summed E-state index contributed by atoms with van der Waals surface area (Å²) in [6.45, 7) is 1.64. The fourth-order valence-electron chi connectivity index (χ4n) is 3.15. The number of esters is 1. The van der Waals surface area contributed by atoms with E-state index >= 15 is 0 Å². The first kappa shape index (κ1) is 17.8. The molecule has 0 radical (unpaired) electrons. The topological polar surface area (TPSA) is 81.3 Å². The van der Waals surface area contributed by atoms with Gasteiger partial charge in [0.25, 0.3) is 0 Å². The van der Waals surface area contributed by atoms with Crippen molar-refractivity contribution in [1.82, 2.24) is 10.2 Å². The van der Waals surface area contributed by atoms with Crippen LogP contribution in [0.5, 0.6) is 0 Å². The highest BCUT2D eigenvalue weighted by Gasteiger charge is 2.24. The summed E-state index contributed by atoms with van der Waals surface area (Å²) in [5.41, 5.74) is 8.19. The standard InChI is InChI=1S/C17H18Cl2N4O2/c1-25-17(24)12-5-4-10(7-13(12)18)11-3-2-6-23(9-11)14-8-15(19)21-22-16(14)20/h4-5,7-8,11H,2-3,6,9H2,1H3,(H2,20,22)/t11-/m0/s1. The second-order valence-electron chi connectivity index (χ2n) is 5.95. The Morgan fingerprint density at radius 3 is 2.84 bits per heavy atom. The van der Waals surface area contributed by atoms with E-state index in [1.807, 2.05) is 12.1 Å². The number of hydrogen-bond donors (Lipinski definition) is 1. The van der Waals surface area contributed by atoms with Gasteiger partial charge in [0.1, 0.15) is 0 Å². The summed E-state index contributed by atoms with van der Waals surface area (Å²) in [6, 6.07) is 7.21. The predicted octanol–water partition coefficient (Wildman–Crippen LogP) is 3.54. The van der Waals surface area contributed by atoms with Crippen molar-refractivity contribution in [3.8, 4) is 0 Å². The van der Waals surface area contributed by atoms with Crippen LogP contribution in [-0.2, 0) is 4.74 Å². The summed E-state index contributed by atoms with van der Waals surface area (Å²) in [5, 5.41) is 8.36. The summed E-state index contributed by atoms with van der Waals surface area (Å²) >= 11 is 12.2. The number of nitrogen functional groups attached to an aromatic ring is 1. The second-order valence-corrected chi connectivity index (χ2v) is 6.75. The number of nitrogens with two attached hydrogens (primary N) is 1. The molecule has 0 spiro atoms. The van der Waals surface area contributed by atoms with Gasteiger partial charge < -0.3 is 15.4 Å². The molecule has 1 aliphatic heterocycles. The van der Waals surface area contributed by atoms with Crippen LogP contribution in [0.2, 0.25) is 10.2 Å². The quantitative estimate of drug-likeness (QED) is 0.820. The molecule has 0 saturated carbocycles. The number of benzene rings is 1. The maximum atomic E-state index is 11.7. The minimum atomic E-state index is -0.438. The minimum Gasteiger partial charge on any atom is -0.465 e. The van der Waals surface area contributed by atoms with Gasteiger partial charge in [-0.3, -0.25) is 0 Å². The van der Waals surface area contributed by atoms with Crippen molar-refractivity contribution in [3.63, 3.8) is 0 Å². The van der Waals surface area contributed by atoms with Crippen molar-refractivity contribution in [2.24, 2.45) is 0 Å². The summed E-state index contributed by atoms with van der Waals surface area (Å²) in [5.74, 6) is 0.195. The Bertz CT molecular complexity index is 800. The van der Waals surface area contributed by atoms with Gasteiger partial charge in [-0.1, -0.05) is 29.3 Å². The Hall–Kier alpha value is -2.05. The highest BCUT2D eigenvalue weighted by Crippen LogP contribution is 2.34. The van der Waals surface area contributed by atoms with E-state index in [9.17, 15) is 4.79 Å². The number of anilines is 2. The molecule has 6 nitrogen and oxygen atoms in total.